The maximum atomic E-state index is 14.4. The van der Waals surface area contributed by atoms with Gasteiger partial charge in [0.15, 0.2) is 0 Å². The second-order valence-corrected chi connectivity index (χ2v) is 12.2. The van der Waals surface area contributed by atoms with Gasteiger partial charge in [0.2, 0.25) is 0 Å². The van der Waals surface area contributed by atoms with Crippen LogP contribution in [0.4, 0.5) is 0 Å². The van der Waals surface area contributed by atoms with Crippen molar-refractivity contribution >= 4 is 31.8 Å². The predicted octanol–water partition coefficient (Wildman–Crippen LogP) is 8.77. The largest absolute Gasteiger partial charge is 0.308 e. The van der Waals surface area contributed by atoms with E-state index in [4.69, 9.17) is 0 Å². The molecular formula is C36H28N2O2S. The molecule has 5 aromatic carbocycles. The SMILES string of the molecule is Cc1ccc(S(=O)(=O)n2c(-c3ccccc3)cc3c(-n4c(-c5ccccc5)cc5ccccc54)c(C)ccc32)cc1. The van der Waals surface area contributed by atoms with E-state index in [1.807, 2.05) is 97.9 Å². The number of nitrogens with zero attached hydrogens (tertiary/aromatic N) is 2. The molecule has 41 heavy (non-hydrogen) atoms. The van der Waals surface area contributed by atoms with Crippen LogP contribution in [0.2, 0.25) is 0 Å². The van der Waals surface area contributed by atoms with Gasteiger partial charge in [-0.2, -0.15) is 0 Å². The Morgan fingerprint density at radius 2 is 1.17 bits per heavy atom. The normalized spacial score (nSPS) is 11.9. The minimum Gasteiger partial charge on any atom is -0.308 e. The maximum absolute atomic E-state index is 14.4. The second kappa shape index (κ2) is 9.65. The molecule has 0 aliphatic rings. The van der Waals surface area contributed by atoms with Crippen LogP contribution in [-0.4, -0.2) is 17.0 Å². The van der Waals surface area contributed by atoms with E-state index >= 15 is 0 Å². The number of fused-ring (bicyclic) bond motifs is 2. The number of rotatable bonds is 5. The van der Waals surface area contributed by atoms with Crippen LogP contribution in [-0.2, 0) is 10.0 Å². The summed E-state index contributed by atoms with van der Waals surface area (Å²) in [5.41, 5.74) is 8.36. The first-order valence-corrected chi connectivity index (χ1v) is 15.1. The highest BCUT2D eigenvalue weighted by Gasteiger charge is 2.27. The molecule has 0 radical (unpaired) electrons. The zero-order valence-corrected chi connectivity index (χ0v) is 23.6. The highest BCUT2D eigenvalue weighted by atomic mass is 32.2. The number of hydrogen-bond acceptors (Lipinski definition) is 2. The fraction of sp³-hybridized carbons (Fsp3) is 0.0556. The Balaban J connectivity index is 1.61. The van der Waals surface area contributed by atoms with Gasteiger partial charge in [-0.15, -0.1) is 0 Å². The summed E-state index contributed by atoms with van der Waals surface area (Å²) in [6.07, 6.45) is 0. The van der Waals surface area contributed by atoms with E-state index in [0.29, 0.717) is 11.2 Å². The van der Waals surface area contributed by atoms with Crippen LogP contribution in [0.15, 0.2) is 138 Å². The molecule has 7 rings (SSSR count). The van der Waals surface area contributed by atoms with Gasteiger partial charge in [0.05, 0.1) is 33.0 Å². The third kappa shape index (κ3) is 4.09. The summed E-state index contributed by atoms with van der Waals surface area (Å²) in [6, 6.07) is 43.7. The smallest absolute Gasteiger partial charge is 0.268 e. The molecule has 2 aromatic heterocycles. The molecule has 0 fully saturated rings. The first kappa shape index (κ1) is 25.1. The Bertz CT molecular complexity index is 2160. The van der Waals surface area contributed by atoms with Crippen molar-refractivity contribution in [2.24, 2.45) is 0 Å². The molecule has 4 nitrogen and oxygen atoms in total. The van der Waals surface area contributed by atoms with Crippen LogP contribution in [0.3, 0.4) is 0 Å². The molecule has 5 heteroatoms. The Labute approximate surface area is 239 Å². The summed E-state index contributed by atoms with van der Waals surface area (Å²) in [5.74, 6) is 0. The highest BCUT2D eigenvalue weighted by Crippen LogP contribution is 2.40. The summed E-state index contributed by atoms with van der Waals surface area (Å²) >= 11 is 0. The number of aromatic nitrogens is 2. The summed E-state index contributed by atoms with van der Waals surface area (Å²) in [7, 11) is -3.91. The van der Waals surface area contributed by atoms with E-state index in [2.05, 4.69) is 41.8 Å². The maximum Gasteiger partial charge on any atom is 0.268 e. The Hall–Kier alpha value is -4.87. The molecule has 7 aromatic rings. The minimum atomic E-state index is -3.91. The van der Waals surface area contributed by atoms with Gasteiger partial charge >= 0.3 is 0 Å². The van der Waals surface area contributed by atoms with E-state index in [0.717, 1.165) is 49.9 Å². The summed E-state index contributed by atoms with van der Waals surface area (Å²) < 4.78 is 32.5. The van der Waals surface area contributed by atoms with Crippen molar-refractivity contribution in [1.82, 2.24) is 8.54 Å². The van der Waals surface area contributed by atoms with Crippen LogP contribution in [0.25, 0.3) is 50.0 Å². The van der Waals surface area contributed by atoms with Crippen LogP contribution in [0.1, 0.15) is 11.1 Å². The lowest BCUT2D eigenvalue weighted by atomic mass is 10.1. The van der Waals surface area contributed by atoms with Crippen molar-refractivity contribution in [2.45, 2.75) is 18.7 Å². The topological polar surface area (TPSA) is 44.0 Å². The molecule has 0 spiro atoms. The van der Waals surface area contributed by atoms with E-state index in [-0.39, 0.29) is 4.90 Å². The van der Waals surface area contributed by atoms with E-state index < -0.39 is 10.0 Å². The van der Waals surface area contributed by atoms with E-state index in [9.17, 15) is 8.42 Å². The first-order valence-electron chi connectivity index (χ1n) is 13.6. The third-order valence-corrected chi connectivity index (χ3v) is 9.49. The molecule has 0 aliphatic carbocycles. The number of benzene rings is 5. The quantitative estimate of drug-likeness (QED) is 0.214. The molecular weight excluding hydrogens is 524 g/mol. The lowest BCUT2D eigenvalue weighted by Crippen LogP contribution is -2.14. The summed E-state index contributed by atoms with van der Waals surface area (Å²) in [4.78, 5) is 0.260. The molecule has 0 aliphatic heterocycles. The molecule has 0 saturated heterocycles. The van der Waals surface area contributed by atoms with Crippen molar-refractivity contribution in [2.75, 3.05) is 0 Å². The van der Waals surface area contributed by atoms with Crippen molar-refractivity contribution in [3.8, 4) is 28.2 Å². The van der Waals surface area contributed by atoms with Gasteiger partial charge in [-0.25, -0.2) is 12.4 Å². The Morgan fingerprint density at radius 3 is 1.85 bits per heavy atom. The Morgan fingerprint density at radius 1 is 0.561 bits per heavy atom. The molecule has 0 amide bonds. The average Bonchev–Trinajstić information content (AvgIpc) is 3.58. The molecule has 0 atom stereocenters. The van der Waals surface area contributed by atoms with Crippen LogP contribution in [0.5, 0.6) is 0 Å². The van der Waals surface area contributed by atoms with Gasteiger partial charge in [0.1, 0.15) is 0 Å². The van der Waals surface area contributed by atoms with Crippen molar-refractivity contribution in [1.29, 1.82) is 0 Å². The molecule has 0 unspecified atom stereocenters. The molecule has 0 N–H and O–H groups in total. The fourth-order valence-electron chi connectivity index (χ4n) is 5.75. The van der Waals surface area contributed by atoms with Gasteiger partial charge in [0.25, 0.3) is 10.0 Å². The Kier molecular flexibility index (Phi) is 5.91. The monoisotopic (exact) mass is 552 g/mol. The molecule has 0 bridgehead atoms. The summed E-state index contributed by atoms with van der Waals surface area (Å²) in [5, 5.41) is 2.00. The number of hydrogen-bond donors (Lipinski definition) is 0. The van der Waals surface area contributed by atoms with Crippen LogP contribution < -0.4 is 0 Å². The summed E-state index contributed by atoms with van der Waals surface area (Å²) in [6.45, 7) is 4.05. The van der Waals surface area contributed by atoms with Gasteiger partial charge < -0.3 is 4.57 Å². The average molecular weight is 553 g/mol. The molecule has 0 saturated carbocycles. The zero-order chi connectivity index (χ0) is 28.1. The lowest BCUT2D eigenvalue weighted by molar-refractivity contribution is 0.589. The van der Waals surface area contributed by atoms with Gasteiger partial charge in [-0.05, 0) is 66.9 Å². The van der Waals surface area contributed by atoms with Crippen LogP contribution in [0, 0.1) is 13.8 Å². The van der Waals surface area contributed by atoms with Crippen molar-refractivity contribution in [3.05, 3.63) is 145 Å². The molecule has 200 valence electrons. The fourth-order valence-corrected chi connectivity index (χ4v) is 7.27. The van der Waals surface area contributed by atoms with Crippen molar-refractivity contribution < 1.29 is 8.42 Å². The second-order valence-electron chi connectivity index (χ2n) is 10.4. The predicted molar refractivity (Wildman–Crippen MR) is 168 cm³/mol. The third-order valence-electron chi connectivity index (χ3n) is 7.75. The van der Waals surface area contributed by atoms with Gasteiger partial charge in [-0.1, -0.05) is 103 Å². The lowest BCUT2D eigenvalue weighted by Gasteiger charge is -2.16. The minimum absolute atomic E-state index is 0.260. The van der Waals surface area contributed by atoms with Gasteiger partial charge in [0, 0.05) is 10.8 Å². The van der Waals surface area contributed by atoms with E-state index in [1.54, 1.807) is 12.1 Å². The van der Waals surface area contributed by atoms with Crippen molar-refractivity contribution in [3.63, 3.8) is 0 Å². The number of aryl methyl sites for hydroxylation is 2. The van der Waals surface area contributed by atoms with E-state index in [1.165, 1.54) is 3.97 Å². The number of para-hydroxylation sites is 1. The molecule has 2 heterocycles. The van der Waals surface area contributed by atoms with Crippen LogP contribution >= 0.6 is 0 Å². The first-order chi connectivity index (χ1) is 19.9. The van der Waals surface area contributed by atoms with Gasteiger partial charge in [-0.3, -0.25) is 0 Å². The zero-order valence-electron chi connectivity index (χ0n) is 22.8. The highest BCUT2D eigenvalue weighted by molar-refractivity contribution is 7.90. The standard InChI is InChI=1S/C36H28N2O2S/c1-25-17-20-30(21-18-25)41(39,40)38-33-22-19-26(2)36(31(33)24-35(38)28-13-7-4-8-14-28)37-32-16-10-9-15-29(32)23-34(37)27-11-5-3-6-12-27/h3-24H,1-2H3.